The van der Waals surface area contributed by atoms with E-state index in [1.54, 1.807) is 0 Å². The molecule has 5 heteroatoms. The Hall–Kier alpha value is -0.940. The Morgan fingerprint density at radius 3 is 3.12 bits per heavy atom. The lowest BCUT2D eigenvalue weighted by Crippen LogP contribution is -2.29. The molecule has 0 radical (unpaired) electrons. The third kappa shape index (κ3) is 1.85. The minimum absolute atomic E-state index is 0.244. The highest BCUT2D eigenvalue weighted by Crippen LogP contribution is 2.22. The third-order valence-electron chi connectivity index (χ3n) is 3.51. The fourth-order valence-electron chi connectivity index (χ4n) is 2.56. The van der Waals surface area contributed by atoms with Crippen LogP contribution in [0.3, 0.4) is 0 Å². The van der Waals surface area contributed by atoms with Gasteiger partial charge in [0.25, 0.3) is 0 Å². The van der Waals surface area contributed by atoms with Crippen LogP contribution in [0.5, 0.6) is 0 Å². The van der Waals surface area contributed by atoms with Gasteiger partial charge in [-0.15, -0.1) is 0 Å². The van der Waals surface area contributed by atoms with Crippen LogP contribution in [0.4, 0.5) is 0 Å². The van der Waals surface area contributed by atoms with E-state index in [0.29, 0.717) is 12.5 Å². The molecule has 1 aromatic heterocycles. The average molecular weight is 222 g/mol. The maximum Gasteiger partial charge on any atom is 0.155 e. The van der Waals surface area contributed by atoms with Gasteiger partial charge in [0.15, 0.2) is 5.82 Å². The summed E-state index contributed by atoms with van der Waals surface area (Å²) in [7, 11) is 0. The van der Waals surface area contributed by atoms with Gasteiger partial charge in [-0.1, -0.05) is 0 Å². The molecule has 2 atom stereocenters. The molecule has 2 aliphatic rings. The minimum Gasteiger partial charge on any atom is -0.391 e. The van der Waals surface area contributed by atoms with Gasteiger partial charge >= 0.3 is 0 Å². The van der Waals surface area contributed by atoms with Crippen molar-refractivity contribution in [3.05, 3.63) is 11.6 Å². The summed E-state index contributed by atoms with van der Waals surface area (Å²) in [5, 5.41) is 17.5. The van der Waals surface area contributed by atoms with E-state index >= 15 is 0 Å². The van der Waals surface area contributed by atoms with Gasteiger partial charge in [0.2, 0.25) is 0 Å². The monoisotopic (exact) mass is 222 g/mol. The third-order valence-corrected chi connectivity index (χ3v) is 3.51. The first kappa shape index (κ1) is 10.2. The molecular weight excluding hydrogens is 204 g/mol. The van der Waals surface area contributed by atoms with Gasteiger partial charge in [-0.05, 0) is 25.8 Å². The van der Waals surface area contributed by atoms with Crippen LogP contribution >= 0.6 is 0 Å². The summed E-state index contributed by atoms with van der Waals surface area (Å²) in [5.41, 5.74) is 0. The highest BCUT2D eigenvalue weighted by molar-refractivity contribution is 5.03. The van der Waals surface area contributed by atoms with E-state index in [1.807, 2.05) is 4.68 Å². The van der Waals surface area contributed by atoms with Gasteiger partial charge in [-0.3, -0.25) is 0 Å². The standard InChI is InChI=1S/C11H18N4O/c16-9-3-4-10-13-11(14-15(10)7-9)8-2-1-5-12-6-8/h8-9,12,16H,1-7H2. The maximum atomic E-state index is 9.57. The van der Waals surface area contributed by atoms with Crippen molar-refractivity contribution in [3.63, 3.8) is 0 Å². The maximum absolute atomic E-state index is 9.57. The van der Waals surface area contributed by atoms with Crippen LogP contribution in [0.1, 0.15) is 36.8 Å². The van der Waals surface area contributed by atoms with Gasteiger partial charge in [-0.2, -0.15) is 5.10 Å². The molecule has 2 unspecified atom stereocenters. The SMILES string of the molecule is OC1CCc2nc(C3CCCNC3)nn2C1. The number of piperidine rings is 1. The molecule has 0 amide bonds. The van der Waals surface area contributed by atoms with E-state index in [2.05, 4.69) is 15.4 Å². The van der Waals surface area contributed by atoms with E-state index in [1.165, 1.54) is 12.8 Å². The van der Waals surface area contributed by atoms with Crippen LogP contribution in [-0.2, 0) is 13.0 Å². The van der Waals surface area contributed by atoms with Crippen LogP contribution in [0.25, 0.3) is 0 Å². The molecule has 3 heterocycles. The van der Waals surface area contributed by atoms with Crippen molar-refractivity contribution in [1.82, 2.24) is 20.1 Å². The zero-order chi connectivity index (χ0) is 11.0. The normalized spacial score (nSPS) is 30.1. The second kappa shape index (κ2) is 4.14. The van der Waals surface area contributed by atoms with E-state index < -0.39 is 0 Å². The average Bonchev–Trinajstić information content (AvgIpc) is 2.73. The molecule has 1 fully saturated rings. The molecule has 2 N–H and O–H groups in total. The largest absolute Gasteiger partial charge is 0.391 e. The van der Waals surface area contributed by atoms with Crippen molar-refractivity contribution in [2.75, 3.05) is 13.1 Å². The molecule has 16 heavy (non-hydrogen) atoms. The van der Waals surface area contributed by atoms with Crippen molar-refractivity contribution in [1.29, 1.82) is 0 Å². The number of hydrogen-bond acceptors (Lipinski definition) is 4. The first-order chi connectivity index (χ1) is 7.83. The number of aliphatic hydroxyl groups excluding tert-OH is 1. The molecule has 0 saturated carbocycles. The highest BCUT2D eigenvalue weighted by atomic mass is 16.3. The predicted molar refractivity (Wildman–Crippen MR) is 59.2 cm³/mol. The van der Waals surface area contributed by atoms with Gasteiger partial charge < -0.3 is 10.4 Å². The second-order valence-electron chi connectivity index (χ2n) is 4.80. The van der Waals surface area contributed by atoms with Gasteiger partial charge in [-0.25, -0.2) is 9.67 Å². The number of aromatic nitrogens is 3. The van der Waals surface area contributed by atoms with Crippen LogP contribution in [0.15, 0.2) is 0 Å². The second-order valence-corrected chi connectivity index (χ2v) is 4.80. The molecule has 0 aromatic carbocycles. The fraction of sp³-hybridized carbons (Fsp3) is 0.818. The molecular formula is C11H18N4O. The number of fused-ring (bicyclic) bond motifs is 1. The lowest BCUT2D eigenvalue weighted by atomic mass is 9.99. The lowest BCUT2D eigenvalue weighted by molar-refractivity contribution is 0.124. The smallest absolute Gasteiger partial charge is 0.155 e. The van der Waals surface area contributed by atoms with Gasteiger partial charge in [0, 0.05) is 18.9 Å². The Labute approximate surface area is 94.9 Å². The Bertz CT molecular complexity index is 370. The van der Waals surface area contributed by atoms with Crippen LogP contribution in [0, 0.1) is 0 Å². The lowest BCUT2D eigenvalue weighted by Gasteiger charge is -2.19. The quantitative estimate of drug-likeness (QED) is 0.705. The summed E-state index contributed by atoms with van der Waals surface area (Å²) < 4.78 is 1.89. The minimum atomic E-state index is -0.244. The van der Waals surface area contributed by atoms with E-state index in [9.17, 15) is 5.11 Å². The molecule has 1 saturated heterocycles. The summed E-state index contributed by atoms with van der Waals surface area (Å²) in [4.78, 5) is 4.61. The predicted octanol–water partition coefficient (Wildman–Crippen LogP) is 0.0522. The molecule has 0 bridgehead atoms. The topological polar surface area (TPSA) is 63.0 Å². The Morgan fingerprint density at radius 1 is 1.38 bits per heavy atom. The van der Waals surface area contributed by atoms with Crippen LogP contribution in [0.2, 0.25) is 0 Å². The summed E-state index contributed by atoms with van der Waals surface area (Å²) in [6, 6.07) is 0. The van der Waals surface area contributed by atoms with Crippen molar-refractivity contribution in [3.8, 4) is 0 Å². The molecule has 5 nitrogen and oxygen atoms in total. The Kier molecular flexibility index (Phi) is 2.65. The van der Waals surface area contributed by atoms with E-state index in [-0.39, 0.29) is 6.10 Å². The number of hydrogen-bond donors (Lipinski definition) is 2. The Balaban J connectivity index is 1.80. The first-order valence-electron chi connectivity index (χ1n) is 6.15. The molecule has 88 valence electrons. The number of nitrogens with one attached hydrogen (secondary N) is 1. The van der Waals surface area contributed by atoms with Crippen LogP contribution in [-0.4, -0.2) is 39.1 Å². The van der Waals surface area contributed by atoms with Gasteiger partial charge in [0.1, 0.15) is 5.82 Å². The molecule has 0 aliphatic carbocycles. The van der Waals surface area contributed by atoms with Crippen LogP contribution < -0.4 is 5.32 Å². The van der Waals surface area contributed by atoms with E-state index in [0.717, 1.165) is 37.6 Å². The summed E-state index contributed by atoms with van der Waals surface area (Å²) in [5.74, 6) is 2.48. The molecule has 1 aromatic rings. The Morgan fingerprint density at radius 2 is 2.31 bits per heavy atom. The number of aryl methyl sites for hydroxylation is 1. The fourth-order valence-corrected chi connectivity index (χ4v) is 2.56. The zero-order valence-corrected chi connectivity index (χ0v) is 9.39. The summed E-state index contributed by atoms with van der Waals surface area (Å²) in [6.45, 7) is 2.72. The molecule has 2 aliphatic heterocycles. The molecule has 0 spiro atoms. The van der Waals surface area contributed by atoms with Crippen molar-refractivity contribution in [2.45, 2.75) is 44.2 Å². The summed E-state index contributed by atoms with van der Waals surface area (Å²) in [6.07, 6.45) is 3.82. The zero-order valence-electron chi connectivity index (χ0n) is 9.39. The number of nitrogens with zero attached hydrogens (tertiary/aromatic N) is 3. The summed E-state index contributed by atoms with van der Waals surface area (Å²) >= 11 is 0. The van der Waals surface area contributed by atoms with E-state index in [4.69, 9.17) is 0 Å². The highest BCUT2D eigenvalue weighted by Gasteiger charge is 2.24. The van der Waals surface area contributed by atoms with Crippen molar-refractivity contribution < 1.29 is 5.11 Å². The molecule has 3 rings (SSSR count). The van der Waals surface area contributed by atoms with Crippen molar-refractivity contribution in [2.24, 2.45) is 0 Å². The number of rotatable bonds is 1. The number of aliphatic hydroxyl groups is 1. The first-order valence-corrected chi connectivity index (χ1v) is 6.15. The van der Waals surface area contributed by atoms with Crippen molar-refractivity contribution >= 4 is 0 Å². The van der Waals surface area contributed by atoms with Gasteiger partial charge in [0.05, 0.1) is 12.6 Å².